The van der Waals surface area contributed by atoms with E-state index in [2.05, 4.69) is 188 Å². The average Bonchev–Trinajstić information content (AvgIpc) is 3.42. The Bertz CT molecular complexity index is 5700. The third kappa shape index (κ3) is 8.47. The summed E-state index contributed by atoms with van der Waals surface area (Å²) in [5, 5.41) is 11.7. The second-order valence-electron chi connectivity index (χ2n) is 21.6. The summed E-state index contributed by atoms with van der Waals surface area (Å²) in [6.07, 6.45) is 0. The van der Waals surface area contributed by atoms with E-state index >= 15 is 0 Å². The molecule has 5 aromatic heterocycles. The number of aromatic nitrogens is 4. The molecular weight excluding hydrogens is 1060 g/mol. The molecule has 396 valence electrons. The Morgan fingerprint density at radius 3 is 1.21 bits per heavy atom. The molecule has 0 unspecified atom stereocenters. The third-order valence-corrected chi connectivity index (χ3v) is 17.6. The molecule has 0 N–H and O–H groups in total. The van der Waals surface area contributed by atoms with Crippen molar-refractivity contribution in [1.29, 1.82) is 0 Å². The summed E-state index contributed by atoms with van der Waals surface area (Å²) >= 11 is 1.82. The normalized spacial score (nSPS) is 11.8. The Morgan fingerprint density at radius 2 is 0.647 bits per heavy atom. The van der Waals surface area contributed by atoms with Gasteiger partial charge < -0.3 is 8.83 Å². The molecule has 7 heteroatoms. The van der Waals surface area contributed by atoms with Gasteiger partial charge in [-0.25, -0.2) is 19.9 Å². The molecule has 18 aromatic rings. The van der Waals surface area contributed by atoms with Crippen LogP contribution in [0.2, 0.25) is 0 Å². The van der Waals surface area contributed by atoms with E-state index in [0.29, 0.717) is 0 Å². The molecule has 0 atom stereocenters. The minimum absolute atomic E-state index is 0.883. The predicted molar refractivity (Wildman–Crippen MR) is 354 cm³/mol. The molecule has 0 fully saturated rings. The maximum Gasteiger partial charge on any atom is 0.136 e. The monoisotopic (exact) mass is 1100 g/mol. The molecule has 18 rings (SSSR count). The highest BCUT2D eigenvalue weighted by atomic mass is 32.1. The molecule has 0 radical (unpaired) electrons. The van der Waals surface area contributed by atoms with Gasteiger partial charge in [-0.2, -0.15) is 0 Å². The lowest BCUT2D eigenvalue weighted by Crippen LogP contribution is -1.96. The van der Waals surface area contributed by atoms with E-state index in [4.69, 9.17) is 28.8 Å². The highest BCUT2D eigenvalue weighted by molar-refractivity contribution is 7.26. The molecule has 0 amide bonds. The van der Waals surface area contributed by atoms with Gasteiger partial charge in [0.05, 0.1) is 44.8 Å². The first kappa shape index (κ1) is 48.6. The lowest BCUT2D eigenvalue weighted by Gasteiger charge is -2.13. The fourth-order valence-electron chi connectivity index (χ4n) is 12.3. The van der Waals surface area contributed by atoms with Gasteiger partial charge >= 0.3 is 0 Å². The van der Waals surface area contributed by atoms with Crippen molar-refractivity contribution in [3.63, 3.8) is 0 Å². The van der Waals surface area contributed by atoms with Gasteiger partial charge in [0.15, 0.2) is 0 Å². The van der Waals surface area contributed by atoms with Gasteiger partial charge in [-0.1, -0.05) is 182 Å². The minimum atomic E-state index is 0.883. The lowest BCUT2D eigenvalue weighted by atomic mass is 9.95. The second-order valence-corrected chi connectivity index (χ2v) is 22.7. The first-order valence-electron chi connectivity index (χ1n) is 28.5. The zero-order valence-electron chi connectivity index (χ0n) is 45.6. The molecule has 13 aromatic carbocycles. The fourth-order valence-corrected chi connectivity index (χ4v) is 13.5. The minimum Gasteiger partial charge on any atom is -0.456 e. The summed E-state index contributed by atoms with van der Waals surface area (Å²) in [4.78, 5) is 20.7. The molecule has 0 aliphatic carbocycles. The number of furan rings is 2. The molecule has 0 spiro atoms. The molecule has 0 bridgehead atoms. The van der Waals surface area contributed by atoms with Gasteiger partial charge in [0.25, 0.3) is 0 Å². The standard InChI is InChI=1S/C42H24N2OS.C36H22N2O/c1-5-16-36-30(11-1)33-23-29-22-26(19-20-27(29)24-37(33)45-36)25-9-7-10-28(21-25)41-42(44-35-15-4-3-14-34(35)43-41)32-13-8-18-39-40(32)31-12-2-6-17-38(31)46-39;1-2-9-23(10-3-1)35-36(38-32-15-6-5-14-31(32)37-35)27-12-8-11-24(19-27)25-17-18-26-22-34-30(21-28(26)20-25)29-13-4-7-16-33(29)39-34/h1-24H;1-22H. The van der Waals surface area contributed by atoms with Crippen LogP contribution in [0, 0.1) is 0 Å². The molecule has 85 heavy (non-hydrogen) atoms. The van der Waals surface area contributed by atoms with Crippen molar-refractivity contribution in [2.75, 3.05) is 0 Å². The quantitative estimate of drug-likeness (QED) is 0.165. The van der Waals surface area contributed by atoms with Crippen LogP contribution < -0.4 is 0 Å². The molecule has 0 aliphatic heterocycles. The molecule has 0 saturated heterocycles. The zero-order valence-corrected chi connectivity index (χ0v) is 46.4. The van der Waals surface area contributed by atoms with Crippen molar-refractivity contribution in [2.24, 2.45) is 0 Å². The molecule has 0 saturated carbocycles. The summed E-state index contributed by atoms with van der Waals surface area (Å²) in [7, 11) is 0. The Morgan fingerprint density at radius 1 is 0.235 bits per heavy atom. The van der Waals surface area contributed by atoms with Crippen molar-refractivity contribution in [2.45, 2.75) is 0 Å². The van der Waals surface area contributed by atoms with Crippen molar-refractivity contribution < 1.29 is 8.83 Å². The van der Waals surface area contributed by atoms with Crippen LogP contribution in [0.3, 0.4) is 0 Å². The van der Waals surface area contributed by atoms with E-state index < -0.39 is 0 Å². The van der Waals surface area contributed by atoms with Gasteiger partial charge in [0, 0.05) is 64.0 Å². The Balaban J connectivity index is 0.000000135. The number of thiophene rings is 1. The number of hydrogen-bond donors (Lipinski definition) is 0. The maximum atomic E-state index is 6.15. The van der Waals surface area contributed by atoms with Crippen LogP contribution in [0.25, 0.3) is 175 Å². The van der Waals surface area contributed by atoms with Crippen LogP contribution >= 0.6 is 11.3 Å². The maximum absolute atomic E-state index is 6.15. The third-order valence-electron chi connectivity index (χ3n) is 16.5. The van der Waals surface area contributed by atoms with E-state index in [0.717, 1.165) is 144 Å². The lowest BCUT2D eigenvalue weighted by molar-refractivity contribution is 0.669. The van der Waals surface area contributed by atoms with Gasteiger partial charge in [-0.15, -0.1) is 11.3 Å². The Kier molecular flexibility index (Phi) is 11.3. The van der Waals surface area contributed by atoms with Crippen LogP contribution in [-0.2, 0) is 0 Å². The summed E-state index contributed by atoms with van der Waals surface area (Å²) in [5.41, 5.74) is 19.6. The first-order valence-corrected chi connectivity index (χ1v) is 29.3. The summed E-state index contributed by atoms with van der Waals surface area (Å²) in [6.45, 7) is 0. The van der Waals surface area contributed by atoms with Crippen LogP contribution in [0.5, 0.6) is 0 Å². The van der Waals surface area contributed by atoms with Crippen molar-refractivity contribution in [1.82, 2.24) is 19.9 Å². The van der Waals surface area contributed by atoms with Crippen molar-refractivity contribution in [3.8, 4) is 67.3 Å². The van der Waals surface area contributed by atoms with E-state index in [1.807, 2.05) is 102 Å². The number of rotatable bonds is 6. The van der Waals surface area contributed by atoms with Crippen molar-refractivity contribution in [3.05, 3.63) is 279 Å². The van der Waals surface area contributed by atoms with E-state index in [1.54, 1.807) is 0 Å². The predicted octanol–water partition coefficient (Wildman–Crippen LogP) is 21.7. The number of fused-ring (bicyclic) bond motifs is 13. The van der Waals surface area contributed by atoms with Gasteiger partial charge in [-0.05, 0) is 141 Å². The van der Waals surface area contributed by atoms with E-state index in [9.17, 15) is 0 Å². The van der Waals surface area contributed by atoms with Crippen LogP contribution in [0.1, 0.15) is 0 Å². The average molecular weight is 1100 g/mol. The SMILES string of the molecule is c1cc(-c2ccc3cc4oc5ccccc5c4cc3c2)cc(-c2nc3ccccc3nc2-c2cccc3sc4ccccc4c23)c1.c1ccc(-c2nc3ccccc3nc2-c2cccc(-c3ccc4cc5oc6ccccc6c5cc4c3)c2)cc1. The van der Waals surface area contributed by atoms with Gasteiger partial charge in [-0.3, -0.25) is 0 Å². The Hall–Kier alpha value is -11.1. The topological polar surface area (TPSA) is 77.8 Å². The largest absolute Gasteiger partial charge is 0.456 e. The second kappa shape index (κ2) is 19.8. The number of hydrogen-bond acceptors (Lipinski definition) is 7. The number of benzene rings is 13. The van der Waals surface area contributed by atoms with Crippen LogP contribution in [0.15, 0.2) is 288 Å². The zero-order chi connectivity index (χ0) is 56.0. The van der Waals surface area contributed by atoms with Crippen LogP contribution in [-0.4, -0.2) is 19.9 Å². The highest BCUT2D eigenvalue weighted by Crippen LogP contribution is 2.44. The highest BCUT2D eigenvalue weighted by Gasteiger charge is 2.20. The number of para-hydroxylation sites is 6. The molecule has 0 aliphatic rings. The molecule has 5 heterocycles. The van der Waals surface area contributed by atoms with Crippen LogP contribution in [0.4, 0.5) is 0 Å². The van der Waals surface area contributed by atoms with E-state index in [-0.39, 0.29) is 0 Å². The van der Waals surface area contributed by atoms with Gasteiger partial charge in [0.1, 0.15) is 22.3 Å². The summed E-state index contributed by atoms with van der Waals surface area (Å²) in [6, 6.07) is 97.5. The fraction of sp³-hybridized carbons (Fsp3) is 0. The Labute approximate surface area is 491 Å². The summed E-state index contributed by atoms with van der Waals surface area (Å²) < 4.78 is 14.8. The number of nitrogens with zero attached hydrogens (tertiary/aromatic N) is 4. The smallest absolute Gasteiger partial charge is 0.136 e. The molecule has 6 nitrogen and oxygen atoms in total. The van der Waals surface area contributed by atoms with E-state index in [1.165, 1.54) is 30.9 Å². The van der Waals surface area contributed by atoms with Crippen molar-refractivity contribution >= 4 is 119 Å². The summed E-state index contributed by atoms with van der Waals surface area (Å²) in [5.74, 6) is 0. The van der Waals surface area contributed by atoms with Gasteiger partial charge in [0.2, 0.25) is 0 Å². The first-order chi connectivity index (χ1) is 42.1. The molecular formula is C78H46N4O2S.